The molecule has 0 fully saturated rings. The predicted molar refractivity (Wildman–Crippen MR) is 113 cm³/mol. The van der Waals surface area contributed by atoms with E-state index in [4.69, 9.17) is 21.4 Å². The van der Waals surface area contributed by atoms with Gasteiger partial charge in [-0.1, -0.05) is 23.7 Å². The van der Waals surface area contributed by atoms with Crippen molar-refractivity contribution < 1.29 is 14.2 Å². The van der Waals surface area contributed by atoms with E-state index in [9.17, 15) is 4.39 Å². The minimum Gasteiger partial charge on any atom is -0.489 e. The van der Waals surface area contributed by atoms with Crippen molar-refractivity contribution in [3.05, 3.63) is 64.4 Å². The number of hydrogen-bond donors (Lipinski definition) is 3. The molecule has 0 atom stereocenters. The maximum atomic E-state index is 12.9. The first-order valence-electron chi connectivity index (χ1n) is 8.37. The Labute approximate surface area is 177 Å². The monoisotopic (exact) mass is 438 g/mol. The zero-order chi connectivity index (χ0) is 17.9. The van der Waals surface area contributed by atoms with Crippen LogP contribution in [0.1, 0.15) is 17.5 Å². The molecule has 0 aliphatic rings. The van der Waals surface area contributed by atoms with Crippen molar-refractivity contribution in [2.75, 3.05) is 26.2 Å². The Kier molecular flexibility index (Phi) is 14.3. The summed E-state index contributed by atoms with van der Waals surface area (Å²) in [5.74, 6) is 0.508. The van der Waals surface area contributed by atoms with Gasteiger partial charge >= 0.3 is 0 Å². The summed E-state index contributed by atoms with van der Waals surface area (Å²) in [6, 6.07) is 11.8. The fraction of sp³-hybridized carbons (Fsp3) is 0.368. The SMILES string of the molecule is Cl.Cl.OCCNCCCNCc1cc(Cl)ccc1OCc1ccc(F)cc1. The zero-order valence-electron chi connectivity index (χ0n) is 14.9. The third-order valence-corrected chi connectivity index (χ3v) is 3.88. The second-order valence-electron chi connectivity index (χ2n) is 5.67. The molecule has 0 heterocycles. The minimum absolute atomic E-state index is 0. The lowest BCUT2D eigenvalue weighted by Gasteiger charge is -2.13. The summed E-state index contributed by atoms with van der Waals surface area (Å²) in [6.45, 7) is 3.51. The van der Waals surface area contributed by atoms with Crippen LogP contribution in [0.15, 0.2) is 42.5 Å². The van der Waals surface area contributed by atoms with Crippen molar-refractivity contribution in [3.8, 4) is 5.75 Å². The number of nitrogens with one attached hydrogen (secondary N) is 2. The zero-order valence-corrected chi connectivity index (χ0v) is 17.3. The molecule has 0 aliphatic carbocycles. The Balaban J connectivity index is 0.00000338. The van der Waals surface area contributed by atoms with Crippen LogP contribution in [-0.4, -0.2) is 31.3 Å². The van der Waals surface area contributed by atoms with Crippen molar-refractivity contribution in [2.24, 2.45) is 0 Å². The Bertz CT molecular complexity index is 645. The highest BCUT2D eigenvalue weighted by Gasteiger charge is 2.06. The van der Waals surface area contributed by atoms with Gasteiger partial charge in [-0.3, -0.25) is 0 Å². The normalized spacial score (nSPS) is 10.0. The Morgan fingerprint density at radius 3 is 2.37 bits per heavy atom. The van der Waals surface area contributed by atoms with Crippen molar-refractivity contribution in [3.63, 3.8) is 0 Å². The van der Waals surface area contributed by atoms with E-state index in [-0.39, 0.29) is 37.2 Å². The lowest BCUT2D eigenvalue weighted by atomic mass is 10.2. The van der Waals surface area contributed by atoms with Gasteiger partial charge in [-0.2, -0.15) is 0 Å². The van der Waals surface area contributed by atoms with Gasteiger partial charge in [0.1, 0.15) is 18.2 Å². The highest BCUT2D eigenvalue weighted by atomic mass is 35.5. The van der Waals surface area contributed by atoms with E-state index in [0.717, 1.165) is 36.4 Å². The summed E-state index contributed by atoms with van der Waals surface area (Å²) >= 11 is 6.09. The van der Waals surface area contributed by atoms with E-state index >= 15 is 0 Å². The summed E-state index contributed by atoms with van der Waals surface area (Å²) < 4.78 is 18.8. The molecule has 3 N–H and O–H groups in total. The van der Waals surface area contributed by atoms with Crippen molar-refractivity contribution in [1.29, 1.82) is 0 Å². The molecule has 2 aromatic carbocycles. The van der Waals surface area contributed by atoms with Gasteiger partial charge in [0.05, 0.1) is 6.61 Å². The highest BCUT2D eigenvalue weighted by Crippen LogP contribution is 2.24. The topological polar surface area (TPSA) is 53.5 Å². The second kappa shape index (κ2) is 14.9. The average Bonchev–Trinajstić information content (AvgIpc) is 2.61. The number of aliphatic hydroxyl groups excluding tert-OH is 1. The molecule has 0 unspecified atom stereocenters. The van der Waals surface area contributed by atoms with Gasteiger partial charge in [-0.25, -0.2) is 4.39 Å². The Morgan fingerprint density at radius 1 is 0.963 bits per heavy atom. The largest absolute Gasteiger partial charge is 0.489 e. The summed E-state index contributed by atoms with van der Waals surface area (Å²) in [4.78, 5) is 0. The molecule has 152 valence electrons. The van der Waals surface area contributed by atoms with Crippen LogP contribution < -0.4 is 15.4 Å². The van der Waals surface area contributed by atoms with Gasteiger partial charge in [0.2, 0.25) is 0 Å². The van der Waals surface area contributed by atoms with E-state index in [1.54, 1.807) is 18.2 Å². The van der Waals surface area contributed by atoms with Crippen LogP contribution in [0.4, 0.5) is 4.39 Å². The summed E-state index contributed by atoms with van der Waals surface area (Å²) in [7, 11) is 0. The van der Waals surface area contributed by atoms with Gasteiger partial charge in [0, 0.05) is 23.7 Å². The average molecular weight is 440 g/mol. The molecule has 27 heavy (non-hydrogen) atoms. The second-order valence-corrected chi connectivity index (χ2v) is 6.11. The van der Waals surface area contributed by atoms with Crippen molar-refractivity contribution >= 4 is 36.4 Å². The fourth-order valence-electron chi connectivity index (χ4n) is 2.33. The number of aliphatic hydroxyl groups is 1. The van der Waals surface area contributed by atoms with E-state index in [1.807, 2.05) is 12.1 Å². The molecule has 2 rings (SSSR count). The van der Waals surface area contributed by atoms with E-state index < -0.39 is 0 Å². The lowest BCUT2D eigenvalue weighted by molar-refractivity contribution is 0.292. The molecule has 2 aromatic rings. The quantitative estimate of drug-likeness (QED) is 0.464. The van der Waals surface area contributed by atoms with Gasteiger partial charge in [-0.05, 0) is 55.4 Å². The molecule has 0 spiro atoms. The number of halogens is 4. The third kappa shape index (κ3) is 10.1. The number of ether oxygens (including phenoxy) is 1. The number of hydrogen-bond acceptors (Lipinski definition) is 4. The third-order valence-electron chi connectivity index (χ3n) is 3.64. The molecule has 0 bridgehead atoms. The van der Waals surface area contributed by atoms with Crippen molar-refractivity contribution in [1.82, 2.24) is 10.6 Å². The molecule has 0 saturated carbocycles. The van der Waals surface area contributed by atoms with Gasteiger partial charge in [0.25, 0.3) is 0 Å². The van der Waals surface area contributed by atoms with Crippen LogP contribution in [0.5, 0.6) is 5.75 Å². The summed E-state index contributed by atoms with van der Waals surface area (Å²) in [6.07, 6.45) is 0.965. The Hall–Kier alpha value is -1.08. The van der Waals surface area contributed by atoms with E-state index in [2.05, 4.69) is 10.6 Å². The van der Waals surface area contributed by atoms with Gasteiger partial charge in [-0.15, -0.1) is 24.8 Å². The van der Waals surface area contributed by atoms with Crippen LogP contribution >= 0.6 is 36.4 Å². The van der Waals surface area contributed by atoms with Crippen molar-refractivity contribution in [2.45, 2.75) is 19.6 Å². The molecular weight excluding hydrogens is 414 g/mol. The van der Waals surface area contributed by atoms with Gasteiger partial charge < -0.3 is 20.5 Å². The Morgan fingerprint density at radius 2 is 1.67 bits per heavy atom. The standard InChI is InChI=1S/C19H24ClFN2O2.2ClH/c20-17-4-7-19(25-14-15-2-5-18(21)6-3-15)16(12-17)13-23-9-1-8-22-10-11-24;;/h2-7,12,22-24H,1,8-11,13-14H2;2*1H. The molecule has 0 aromatic heterocycles. The minimum atomic E-state index is -0.256. The maximum Gasteiger partial charge on any atom is 0.124 e. The van der Waals surface area contributed by atoms with Crippen LogP contribution in [0.25, 0.3) is 0 Å². The molecule has 0 radical (unpaired) electrons. The highest BCUT2D eigenvalue weighted by molar-refractivity contribution is 6.30. The molecule has 8 heteroatoms. The first-order valence-corrected chi connectivity index (χ1v) is 8.75. The van der Waals surface area contributed by atoms with E-state index in [1.165, 1.54) is 12.1 Å². The summed E-state index contributed by atoms with van der Waals surface area (Å²) in [5, 5.41) is 15.9. The molecule has 0 aliphatic heterocycles. The molecular formula is C19H26Cl3FN2O2. The molecule has 4 nitrogen and oxygen atoms in total. The summed E-state index contributed by atoms with van der Waals surface area (Å²) in [5.41, 5.74) is 1.89. The lowest BCUT2D eigenvalue weighted by Crippen LogP contribution is -2.24. The van der Waals surface area contributed by atoms with Crippen LogP contribution in [0.2, 0.25) is 5.02 Å². The molecule has 0 amide bonds. The molecule has 0 saturated heterocycles. The van der Waals surface area contributed by atoms with Crippen LogP contribution in [-0.2, 0) is 13.2 Å². The number of rotatable bonds is 11. The van der Waals surface area contributed by atoms with E-state index in [0.29, 0.717) is 24.7 Å². The first kappa shape index (κ1) is 25.9. The maximum absolute atomic E-state index is 12.9. The number of benzene rings is 2. The van der Waals surface area contributed by atoms with Crippen LogP contribution in [0, 0.1) is 5.82 Å². The van der Waals surface area contributed by atoms with Gasteiger partial charge in [0.15, 0.2) is 0 Å². The fourth-order valence-corrected chi connectivity index (χ4v) is 2.53. The smallest absolute Gasteiger partial charge is 0.124 e. The van der Waals surface area contributed by atoms with Crippen LogP contribution in [0.3, 0.4) is 0 Å². The first-order chi connectivity index (χ1) is 12.2. The predicted octanol–water partition coefficient (Wildman–Crippen LogP) is 3.96.